The molecule has 0 aliphatic carbocycles. The van der Waals surface area contributed by atoms with Crippen molar-refractivity contribution in [1.82, 2.24) is 0 Å². The number of benzene rings is 1. The summed E-state index contributed by atoms with van der Waals surface area (Å²) in [7, 11) is -5.06. The van der Waals surface area contributed by atoms with E-state index >= 15 is 0 Å². The van der Waals surface area contributed by atoms with E-state index in [0.29, 0.717) is 6.07 Å². The van der Waals surface area contributed by atoms with Gasteiger partial charge in [0.1, 0.15) is 4.90 Å². The van der Waals surface area contributed by atoms with E-state index in [9.17, 15) is 25.3 Å². The minimum atomic E-state index is -5.14. The molecule has 0 atom stereocenters. The molecular weight excluding hydrogens is 261 g/mol. The molecule has 0 unspecified atom stereocenters. The van der Waals surface area contributed by atoms with Gasteiger partial charge in [-0.2, -0.15) is 8.42 Å². The van der Waals surface area contributed by atoms with Gasteiger partial charge >= 0.3 is 17.2 Å². The molecule has 17 heavy (non-hydrogen) atoms. The van der Waals surface area contributed by atoms with Gasteiger partial charge in [-0.1, -0.05) is 11.9 Å². The van der Waals surface area contributed by atoms with E-state index in [1.54, 1.807) is 0 Å². The van der Waals surface area contributed by atoms with Crippen LogP contribution in [0.25, 0.3) is 0 Å². The normalized spacial score (nSPS) is 12.8. The van der Waals surface area contributed by atoms with Crippen molar-refractivity contribution in [2.45, 2.75) is 18.1 Å². The van der Waals surface area contributed by atoms with E-state index in [0.717, 1.165) is 6.07 Å². The summed E-state index contributed by atoms with van der Waals surface area (Å²) < 4.78 is 70.7. The zero-order chi connectivity index (χ0) is 13.4. The van der Waals surface area contributed by atoms with Crippen molar-refractivity contribution < 1.29 is 25.3 Å². The maximum Gasteiger partial charge on any atom is 0.482 e. The van der Waals surface area contributed by atoms with Gasteiger partial charge in [0.25, 0.3) is 0 Å². The summed E-state index contributed by atoms with van der Waals surface area (Å²) in [5, 5.41) is 0. The van der Waals surface area contributed by atoms with Crippen molar-refractivity contribution in [3.8, 4) is 0 Å². The molecule has 0 aliphatic rings. The summed E-state index contributed by atoms with van der Waals surface area (Å²) in [5.74, 6) is 0. The van der Waals surface area contributed by atoms with Crippen molar-refractivity contribution in [2.75, 3.05) is 5.73 Å². The Morgan fingerprint density at radius 3 is 2.24 bits per heavy atom. The fraction of sp³-hybridized carbons (Fsp3) is 0.250. The Hall–Kier alpha value is -1.25. The SMILES string of the molecule is Cc1c(N)cc(S(=O)(=O)F)cc1C[B-](F)(F)F. The highest BCUT2D eigenvalue weighted by Gasteiger charge is 2.26. The number of hydrogen-bond acceptors (Lipinski definition) is 3. The number of nitrogen functional groups attached to an aromatic ring is 1. The molecule has 2 N–H and O–H groups in total. The van der Waals surface area contributed by atoms with Gasteiger partial charge in [-0.15, -0.1) is 3.89 Å². The Bertz CT molecular complexity index is 541. The largest absolute Gasteiger partial charge is 0.482 e. The molecule has 9 heteroatoms. The Kier molecular flexibility index (Phi) is 3.42. The Morgan fingerprint density at radius 2 is 1.82 bits per heavy atom. The van der Waals surface area contributed by atoms with Crippen LogP contribution in [0, 0.1) is 6.92 Å². The third-order valence-electron chi connectivity index (χ3n) is 2.26. The van der Waals surface area contributed by atoms with Crippen molar-refractivity contribution in [3.05, 3.63) is 23.3 Å². The van der Waals surface area contributed by atoms with Crippen molar-refractivity contribution in [2.24, 2.45) is 0 Å². The van der Waals surface area contributed by atoms with Crippen LogP contribution in [0.4, 0.5) is 22.5 Å². The highest BCUT2D eigenvalue weighted by atomic mass is 32.3. The number of nitrogens with two attached hydrogens (primary N) is 1. The number of hydrogen-bond donors (Lipinski definition) is 1. The fourth-order valence-electron chi connectivity index (χ4n) is 1.37. The molecule has 0 saturated heterocycles. The zero-order valence-electron chi connectivity index (χ0n) is 8.75. The van der Waals surface area contributed by atoms with Crippen molar-refractivity contribution >= 4 is 22.9 Å². The molecule has 0 bridgehead atoms. The smallest absolute Gasteiger partial charge is 0.449 e. The van der Waals surface area contributed by atoms with Gasteiger partial charge in [0.05, 0.1) is 0 Å². The molecule has 96 valence electrons. The minimum Gasteiger partial charge on any atom is -0.449 e. The van der Waals surface area contributed by atoms with Crippen LogP contribution in [0.5, 0.6) is 0 Å². The average Bonchev–Trinajstić information content (AvgIpc) is 2.08. The second-order valence-electron chi connectivity index (χ2n) is 3.65. The van der Waals surface area contributed by atoms with E-state index in [4.69, 9.17) is 5.73 Å². The molecule has 1 rings (SSSR count). The quantitative estimate of drug-likeness (QED) is 0.396. The molecule has 1 aromatic rings. The van der Waals surface area contributed by atoms with E-state index in [2.05, 4.69) is 0 Å². The van der Waals surface area contributed by atoms with Gasteiger partial charge in [-0.3, -0.25) is 0 Å². The Labute approximate surface area is 95.9 Å². The highest BCUT2D eigenvalue weighted by Crippen LogP contribution is 2.27. The molecule has 0 aromatic heterocycles. The van der Waals surface area contributed by atoms with Gasteiger partial charge in [-0.25, -0.2) is 0 Å². The first kappa shape index (κ1) is 13.8. The Balaban J connectivity index is 3.36. The standard InChI is InChI=1S/C8H9BF4NO2S/c1-5-6(4-9(10,11)12)2-7(3-8(5)14)17(13,15)16/h2-3H,4,14H2,1H3/q-1. The highest BCUT2D eigenvalue weighted by molar-refractivity contribution is 7.86. The molecule has 0 radical (unpaired) electrons. The van der Waals surface area contributed by atoms with Crippen LogP contribution in [0.3, 0.4) is 0 Å². The lowest BCUT2D eigenvalue weighted by molar-refractivity contribution is 0.468. The lowest BCUT2D eigenvalue weighted by Gasteiger charge is -2.17. The fourth-order valence-corrected chi connectivity index (χ4v) is 1.92. The van der Waals surface area contributed by atoms with Gasteiger partial charge in [0.15, 0.2) is 0 Å². The van der Waals surface area contributed by atoms with Crippen LogP contribution in [0.2, 0.25) is 0 Å². The minimum absolute atomic E-state index is 0.108. The van der Waals surface area contributed by atoms with E-state index < -0.39 is 28.4 Å². The summed E-state index contributed by atoms with van der Waals surface area (Å²) in [6.45, 7) is -3.82. The first-order chi connectivity index (χ1) is 7.50. The van der Waals surface area contributed by atoms with Crippen LogP contribution >= 0.6 is 0 Å². The van der Waals surface area contributed by atoms with Gasteiger partial charge in [-0.05, 0) is 24.6 Å². The van der Waals surface area contributed by atoms with E-state index in [1.165, 1.54) is 6.92 Å². The molecule has 3 nitrogen and oxygen atoms in total. The summed E-state index contributed by atoms with van der Waals surface area (Å²) in [6.07, 6.45) is -1.29. The summed E-state index contributed by atoms with van der Waals surface area (Å²) in [6, 6.07) is 1.47. The van der Waals surface area contributed by atoms with Gasteiger partial charge in [0.2, 0.25) is 0 Å². The molecule has 0 heterocycles. The predicted molar refractivity (Wildman–Crippen MR) is 56.7 cm³/mol. The summed E-state index contributed by atoms with van der Waals surface area (Å²) in [5.41, 5.74) is 4.95. The third kappa shape index (κ3) is 3.62. The molecule has 0 aliphatic heterocycles. The second kappa shape index (κ2) is 4.21. The van der Waals surface area contributed by atoms with Crippen molar-refractivity contribution in [1.29, 1.82) is 0 Å². The number of halogens is 4. The molecule has 0 spiro atoms. The van der Waals surface area contributed by atoms with E-state index in [1.807, 2.05) is 0 Å². The maximum absolute atomic E-state index is 12.7. The zero-order valence-corrected chi connectivity index (χ0v) is 9.57. The Morgan fingerprint density at radius 1 is 1.29 bits per heavy atom. The lowest BCUT2D eigenvalue weighted by atomic mass is 9.80. The number of rotatable bonds is 3. The third-order valence-corrected chi connectivity index (χ3v) is 3.06. The molecule has 0 fully saturated rings. The van der Waals surface area contributed by atoms with E-state index in [-0.39, 0.29) is 16.8 Å². The molecule has 0 amide bonds. The topological polar surface area (TPSA) is 60.2 Å². The van der Waals surface area contributed by atoms with Gasteiger partial charge in [0, 0.05) is 5.69 Å². The molecular formula is C8H9BF4NO2S-. The summed E-state index contributed by atoms with van der Waals surface area (Å²) >= 11 is 0. The van der Waals surface area contributed by atoms with Crippen LogP contribution < -0.4 is 5.73 Å². The number of anilines is 1. The van der Waals surface area contributed by atoms with Crippen LogP contribution in [-0.4, -0.2) is 15.4 Å². The molecule has 0 saturated carbocycles. The summed E-state index contributed by atoms with van der Waals surface area (Å²) in [4.78, 5) is -0.851. The first-order valence-electron chi connectivity index (χ1n) is 4.55. The lowest BCUT2D eigenvalue weighted by Crippen LogP contribution is -2.20. The van der Waals surface area contributed by atoms with Gasteiger partial charge < -0.3 is 18.7 Å². The average molecular weight is 270 g/mol. The molecule has 1 aromatic carbocycles. The van der Waals surface area contributed by atoms with Crippen molar-refractivity contribution in [3.63, 3.8) is 0 Å². The van der Waals surface area contributed by atoms with Crippen LogP contribution in [0.15, 0.2) is 17.0 Å². The van der Waals surface area contributed by atoms with Crippen LogP contribution in [0.1, 0.15) is 11.1 Å². The maximum atomic E-state index is 12.7. The second-order valence-corrected chi connectivity index (χ2v) is 5.00. The van der Waals surface area contributed by atoms with Crippen LogP contribution in [-0.2, 0) is 16.5 Å². The first-order valence-corrected chi connectivity index (χ1v) is 5.94. The monoisotopic (exact) mass is 270 g/mol. The predicted octanol–water partition coefficient (Wildman–Crippen LogP) is 2.16.